The average Bonchev–Trinajstić information content (AvgIpc) is 2.39. The van der Waals surface area contributed by atoms with Crippen LogP contribution in [-0.4, -0.2) is 37.1 Å². The summed E-state index contributed by atoms with van der Waals surface area (Å²) in [5.41, 5.74) is 0. The molecule has 0 aliphatic carbocycles. The highest BCUT2D eigenvalue weighted by molar-refractivity contribution is 4.61. The van der Waals surface area contributed by atoms with Gasteiger partial charge in [-0.25, -0.2) is 0 Å². The molecule has 0 bridgehead atoms. The summed E-state index contributed by atoms with van der Waals surface area (Å²) in [6, 6.07) is 0. The molecule has 0 spiro atoms. The third-order valence-electron chi connectivity index (χ3n) is 3.25. The molecule has 0 aromatic rings. The van der Waals surface area contributed by atoms with Gasteiger partial charge in [0.1, 0.15) is 0 Å². The molecule has 19 heavy (non-hydrogen) atoms. The molecule has 2 unspecified atom stereocenters. The number of hydrogen-bond acceptors (Lipinski definition) is 3. The second-order valence-corrected chi connectivity index (χ2v) is 5.36. The predicted octanol–water partition coefficient (Wildman–Crippen LogP) is 3.93. The number of aliphatic hydroxyl groups excluding tert-OH is 1. The Morgan fingerprint density at radius 1 is 0.947 bits per heavy atom. The minimum absolute atomic E-state index is 0.0859. The smallest absolute Gasteiger partial charge is 0.0784 e. The topological polar surface area (TPSA) is 38.7 Å². The van der Waals surface area contributed by atoms with E-state index in [0.29, 0.717) is 19.3 Å². The molecule has 0 aliphatic heterocycles. The van der Waals surface area contributed by atoms with Crippen LogP contribution in [0.3, 0.4) is 0 Å². The third-order valence-corrected chi connectivity index (χ3v) is 3.25. The van der Waals surface area contributed by atoms with Crippen molar-refractivity contribution in [1.82, 2.24) is 0 Å². The van der Waals surface area contributed by atoms with E-state index in [1.807, 2.05) is 0 Å². The third kappa shape index (κ3) is 12.6. The van der Waals surface area contributed by atoms with Crippen molar-refractivity contribution in [2.45, 2.75) is 84.3 Å². The van der Waals surface area contributed by atoms with E-state index in [-0.39, 0.29) is 12.7 Å². The second-order valence-electron chi connectivity index (χ2n) is 5.36. The van der Waals surface area contributed by atoms with Crippen LogP contribution in [-0.2, 0) is 9.47 Å². The first kappa shape index (κ1) is 18.9. The molecular weight excluding hydrogens is 240 g/mol. The molecule has 0 saturated carbocycles. The summed E-state index contributed by atoms with van der Waals surface area (Å²) in [6.07, 6.45) is 10.6. The lowest BCUT2D eigenvalue weighted by Gasteiger charge is -2.22. The van der Waals surface area contributed by atoms with Crippen molar-refractivity contribution in [2.75, 3.05) is 19.8 Å². The van der Waals surface area contributed by atoms with Gasteiger partial charge in [-0.3, -0.25) is 0 Å². The normalized spacial score (nSPS) is 14.5. The SMILES string of the molecule is CCCCCCCC(CCC)OC(C)COCCO. The number of hydrogen-bond donors (Lipinski definition) is 1. The molecule has 2 atom stereocenters. The first-order valence-electron chi connectivity index (χ1n) is 8.08. The number of ether oxygens (including phenoxy) is 2. The van der Waals surface area contributed by atoms with E-state index in [4.69, 9.17) is 14.6 Å². The van der Waals surface area contributed by atoms with Crippen LogP contribution in [0, 0.1) is 0 Å². The van der Waals surface area contributed by atoms with Gasteiger partial charge in [0.15, 0.2) is 0 Å². The Hall–Kier alpha value is -0.120. The second kappa shape index (κ2) is 14.3. The minimum atomic E-state index is 0.0859. The van der Waals surface area contributed by atoms with Crippen molar-refractivity contribution < 1.29 is 14.6 Å². The monoisotopic (exact) mass is 274 g/mol. The molecule has 0 aliphatic rings. The van der Waals surface area contributed by atoms with Crippen LogP contribution < -0.4 is 0 Å². The molecule has 0 amide bonds. The molecule has 0 saturated heterocycles. The highest BCUT2D eigenvalue weighted by Gasteiger charge is 2.12. The average molecular weight is 274 g/mol. The zero-order valence-corrected chi connectivity index (χ0v) is 13.2. The highest BCUT2D eigenvalue weighted by atomic mass is 16.5. The predicted molar refractivity (Wildman–Crippen MR) is 80.5 cm³/mol. The zero-order valence-electron chi connectivity index (χ0n) is 13.2. The van der Waals surface area contributed by atoms with Gasteiger partial charge in [-0.1, -0.05) is 52.4 Å². The maximum absolute atomic E-state index is 8.67. The fraction of sp³-hybridized carbons (Fsp3) is 1.00. The summed E-state index contributed by atoms with van der Waals surface area (Å²) in [5.74, 6) is 0. The Morgan fingerprint density at radius 2 is 1.68 bits per heavy atom. The minimum Gasteiger partial charge on any atom is -0.394 e. The van der Waals surface area contributed by atoms with Gasteiger partial charge < -0.3 is 14.6 Å². The molecule has 0 fully saturated rings. The fourth-order valence-electron chi connectivity index (χ4n) is 2.26. The summed E-state index contributed by atoms with van der Waals surface area (Å²) >= 11 is 0. The summed E-state index contributed by atoms with van der Waals surface area (Å²) in [4.78, 5) is 0. The van der Waals surface area contributed by atoms with Gasteiger partial charge in [0.25, 0.3) is 0 Å². The van der Waals surface area contributed by atoms with Crippen LogP contribution in [0.4, 0.5) is 0 Å². The van der Waals surface area contributed by atoms with Gasteiger partial charge >= 0.3 is 0 Å². The van der Waals surface area contributed by atoms with E-state index in [1.54, 1.807) is 0 Å². The Labute approximate surface area is 119 Å². The van der Waals surface area contributed by atoms with Crippen LogP contribution in [0.5, 0.6) is 0 Å². The van der Waals surface area contributed by atoms with Gasteiger partial charge in [-0.15, -0.1) is 0 Å². The van der Waals surface area contributed by atoms with Gasteiger partial charge in [0.05, 0.1) is 32.0 Å². The Kier molecular flexibility index (Phi) is 14.2. The van der Waals surface area contributed by atoms with Crippen molar-refractivity contribution in [3.63, 3.8) is 0 Å². The van der Waals surface area contributed by atoms with Gasteiger partial charge in [-0.05, 0) is 19.8 Å². The van der Waals surface area contributed by atoms with Crippen LogP contribution in [0.25, 0.3) is 0 Å². The molecule has 1 N–H and O–H groups in total. The largest absolute Gasteiger partial charge is 0.394 e. The summed E-state index contributed by atoms with van der Waals surface area (Å²) in [7, 11) is 0. The van der Waals surface area contributed by atoms with Gasteiger partial charge in [0, 0.05) is 0 Å². The Bertz CT molecular complexity index is 173. The number of rotatable bonds is 14. The molecule has 116 valence electrons. The van der Waals surface area contributed by atoms with Gasteiger partial charge in [-0.2, -0.15) is 0 Å². The van der Waals surface area contributed by atoms with Crippen molar-refractivity contribution in [2.24, 2.45) is 0 Å². The molecule has 0 rings (SSSR count). The van der Waals surface area contributed by atoms with E-state index in [2.05, 4.69) is 20.8 Å². The van der Waals surface area contributed by atoms with Crippen molar-refractivity contribution in [3.05, 3.63) is 0 Å². The lowest BCUT2D eigenvalue weighted by Crippen LogP contribution is -2.24. The van der Waals surface area contributed by atoms with E-state index >= 15 is 0 Å². The Morgan fingerprint density at radius 3 is 2.32 bits per heavy atom. The van der Waals surface area contributed by atoms with Crippen molar-refractivity contribution in [1.29, 1.82) is 0 Å². The lowest BCUT2D eigenvalue weighted by atomic mass is 10.0. The van der Waals surface area contributed by atoms with E-state index in [9.17, 15) is 0 Å². The fourth-order valence-corrected chi connectivity index (χ4v) is 2.26. The maximum atomic E-state index is 8.67. The summed E-state index contributed by atoms with van der Waals surface area (Å²) in [6.45, 7) is 7.58. The van der Waals surface area contributed by atoms with E-state index in [1.165, 1.54) is 44.9 Å². The summed E-state index contributed by atoms with van der Waals surface area (Å²) < 4.78 is 11.3. The van der Waals surface area contributed by atoms with Crippen molar-refractivity contribution in [3.8, 4) is 0 Å². The summed E-state index contributed by atoms with van der Waals surface area (Å²) in [5, 5.41) is 8.67. The van der Waals surface area contributed by atoms with Crippen LogP contribution in [0.1, 0.15) is 72.1 Å². The molecular formula is C16H34O3. The quantitative estimate of drug-likeness (QED) is 0.488. The first-order valence-corrected chi connectivity index (χ1v) is 8.08. The zero-order chi connectivity index (χ0) is 14.3. The highest BCUT2D eigenvalue weighted by Crippen LogP contribution is 2.15. The molecule has 0 aromatic carbocycles. The molecule has 3 nitrogen and oxygen atoms in total. The van der Waals surface area contributed by atoms with Gasteiger partial charge in [0.2, 0.25) is 0 Å². The van der Waals surface area contributed by atoms with Crippen LogP contribution in [0.15, 0.2) is 0 Å². The van der Waals surface area contributed by atoms with E-state index < -0.39 is 0 Å². The molecule has 3 heteroatoms. The maximum Gasteiger partial charge on any atom is 0.0784 e. The number of aliphatic hydroxyl groups is 1. The Balaban J connectivity index is 3.70. The lowest BCUT2D eigenvalue weighted by molar-refractivity contribution is -0.0582. The van der Waals surface area contributed by atoms with Crippen LogP contribution in [0.2, 0.25) is 0 Å². The standard InChI is InChI=1S/C16H34O3/c1-4-6-7-8-9-11-16(10-5-2)19-15(3)14-18-13-12-17/h15-17H,4-14H2,1-3H3. The first-order chi connectivity index (χ1) is 9.24. The number of unbranched alkanes of at least 4 members (excludes halogenated alkanes) is 4. The van der Waals surface area contributed by atoms with Crippen molar-refractivity contribution >= 4 is 0 Å². The van der Waals surface area contributed by atoms with E-state index in [0.717, 1.165) is 6.42 Å². The van der Waals surface area contributed by atoms with Crippen LogP contribution >= 0.6 is 0 Å². The molecule has 0 radical (unpaired) electrons. The molecule has 0 aromatic heterocycles. The molecule has 0 heterocycles.